The van der Waals surface area contributed by atoms with Crippen LogP contribution in [0.4, 0.5) is 0 Å². The van der Waals surface area contributed by atoms with E-state index >= 15 is 0 Å². The highest BCUT2D eigenvalue weighted by Crippen LogP contribution is 2.25. The summed E-state index contributed by atoms with van der Waals surface area (Å²) < 4.78 is 0. The summed E-state index contributed by atoms with van der Waals surface area (Å²) in [6.45, 7) is 4.50. The second-order valence-electron chi connectivity index (χ2n) is 4.47. The fourth-order valence-corrected chi connectivity index (χ4v) is 2.03. The molecule has 1 aliphatic carbocycles. The second-order valence-corrected chi connectivity index (χ2v) is 4.47. The van der Waals surface area contributed by atoms with Crippen LogP contribution in [-0.2, 0) is 6.42 Å². The van der Waals surface area contributed by atoms with E-state index in [0.29, 0.717) is 0 Å². The lowest BCUT2D eigenvalue weighted by Crippen LogP contribution is -1.98. The molecule has 0 amide bonds. The van der Waals surface area contributed by atoms with Crippen LogP contribution < -0.4 is 0 Å². The van der Waals surface area contributed by atoms with Crippen LogP contribution in [0.5, 0.6) is 0 Å². The molecule has 0 saturated carbocycles. The Bertz CT molecular complexity index is 393. The van der Waals surface area contributed by atoms with Crippen LogP contribution in [-0.4, -0.2) is 0 Å². The van der Waals surface area contributed by atoms with E-state index in [1.54, 1.807) is 16.7 Å². The molecule has 78 valence electrons. The van der Waals surface area contributed by atoms with Crippen LogP contribution >= 0.6 is 0 Å². The average Bonchev–Trinajstić information content (AvgIpc) is 2.25. The molecule has 1 aromatic rings. The van der Waals surface area contributed by atoms with E-state index in [0.717, 1.165) is 12.8 Å². The van der Waals surface area contributed by atoms with Gasteiger partial charge in [-0.15, -0.1) is 0 Å². The molecule has 1 aliphatic rings. The van der Waals surface area contributed by atoms with Crippen molar-refractivity contribution < 1.29 is 0 Å². The normalized spacial score (nSPS) is 16.5. The van der Waals surface area contributed by atoms with Gasteiger partial charge >= 0.3 is 0 Å². The molecular weight excluding hydrogens is 180 g/mol. The Labute approximate surface area is 92.3 Å². The van der Waals surface area contributed by atoms with E-state index in [1.165, 1.54) is 12.0 Å². The van der Waals surface area contributed by atoms with Gasteiger partial charge in [0, 0.05) is 0 Å². The lowest BCUT2D eigenvalue weighted by Gasteiger charge is -2.16. The Morgan fingerprint density at radius 3 is 2.40 bits per heavy atom. The van der Waals surface area contributed by atoms with Crippen LogP contribution in [0.25, 0.3) is 0 Å². The van der Waals surface area contributed by atoms with Crippen LogP contribution in [0.15, 0.2) is 53.1 Å². The number of rotatable bonds is 2. The van der Waals surface area contributed by atoms with Crippen LogP contribution in [0.2, 0.25) is 0 Å². The molecule has 0 atom stereocenters. The Balaban J connectivity index is 2.04. The third-order valence-electron chi connectivity index (χ3n) is 3.19. The second kappa shape index (κ2) is 4.48. The monoisotopic (exact) mass is 198 g/mol. The first-order valence-corrected chi connectivity index (χ1v) is 5.63. The molecule has 0 radical (unpaired) electrons. The maximum atomic E-state index is 2.40. The van der Waals surface area contributed by atoms with Gasteiger partial charge < -0.3 is 0 Å². The molecule has 15 heavy (non-hydrogen) atoms. The maximum absolute atomic E-state index is 2.40. The SMILES string of the molecule is CC1=C(C)CC(Cc2ccccc2)=CC1. The molecule has 0 bridgehead atoms. The fraction of sp³-hybridized carbons (Fsp3) is 0.333. The zero-order valence-corrected chi connectivity index (χ0v) is 9.59. The van der Waals surface area contributed by atoms with Gasteiger partial charge in [-0.2, -0.15) is 0 Å². The van der Waals surface area contributed by atoms with Crippen molar-refractivity contribution >= 4 is 0 Å². The molecule has 0 saturated heterocycles. The van der Waals surface area contributed by atoms with E-state index < -0.39 is 0 Å². The zero-order chi connectivity index (χ0) is 10.7. The van der Waals surface area contributed by atoms with Gasteiger partial charge in [-0.25, -0.2) is 0 Å². The highest BCUT2D eigenvalue weighted by atomic mass is 14.1. The lowest BCUT2D eigenvalue weighted by molar-refractivity contribution is 0.926. The average molecular weight is 198 g/mol. The predicted molar refractivity (Wildman–Crippen MR) is 65.8 cm³/mol. The number of hydrogen-bond donors (Lipinski definition) is 0. The van der Waals surface area contributed by atoms with E-state index in [9.17, 15) is 0 Å². The van der Waals surface area contributed by atoms with Gasteiger partial charge in [0.2, 0.25) is 0 Å². The quantitative estimate of drug-likeness (QED) is 0.622. The van der Waals surface area contributed by atoms with Crippen molar-refractivity contribution in [3.63, 3.8) is 0 Å². The third-order valence-corrected chi connectivity index (χ3v) is 3.19. The maximum Gasteiger partial charge on any atom is -0.00638 e. The minimum Gasteiger partial charge on any atom is -0.0806 e. The number of allylic oxidation sites excluding steroid dienone is 4. The van der Waals surface area contributed by atoms with Crippen molar-refractivity contribution in [2.75, 3.05) is 0 Å². The largest absolute Gasteiger partial charge is 0.0806 e. The molecule has 0 heteroatoms. The van der Waals surface area contributed by atoms with E-state index in [1.807, 2.05) is 0 Å². The smallest absolute Gasteiger partial charge is 0.00638 e. The van der Waals surface area contributed by atoms with Crippen molar-refractivity contribution in [2.24, 2.45) is 0 Å². The van der Waals surface area contributed by atoms with Crippen molar-refractivity contribution in [1.82, 2.24) is 0 Å². The fourth-order valence-electron chi connectivity index (χ4n) is 2.03. The molecule has 0 fully saturated rings. The molecule has 0 nitrogen and oxygen atoms in total. The highest BCUT2D eigenvalue weighted by Gasteiger charge is 2.07. The summed E-state index contributed by atoms with van der Waals surface area (Å²) in [6, 6.07) is 10.7. The molecule has 0 unspecified atom stereocenters. The van der Waals surface area contributed by atoms with Gasteiger partial charge in [0.15, 0.2) is 0 Å². The van der Waals surface area contributed by atoms with Gasteiger partial charge in [0.25, 0.3) is 0 Å². The standard InChI is InChI=1S/C15H18/c1-12-8-9-15(10-13(12)2)11-14-6-4-3-5-7-14/h3-7,9H,8,10-11H2,1-2H3. The first kappa shape index (κ1) is 10.2. The van der Waals surface area contributed by atoms with Gasteiger partial charge in [-0.05, 0) is 38.7 Å². The van der Waals surface area contributed by atoms with E-state index in [2.05, 4.69) is 50.3 Å². The van der Waals surface area contributed by atoms with Gasteiger partial charge in [-0.3, -0.25) is 0 Å². The molecule has 0 aliphatic heterocycles. The summed E-state index contributed by atoms with van der Waals surface area (Å²) in [7, 11) is 0. The van der Waals surface area contributed by atoms with E-state index in [-0.39, 0.29) is 0 Å². The Kier molecular flexibility index (Phi) is 3.05. The first-order chi connectivity index (χ1) is 7.25. The Hall–Kier alpha value is -1.30. The summed E-state index contributed by atoms with van der Waals surface area (Å²) in [4.78, 5) is 0. The summed E-state index contributed by atoms with van der Waals surface area (Å²) in [5.41, 5.74) is 6.11. The van der Waals surface area contributed by atoms with Crippen LogP contribution in [0.3, 0.4) is 0 Å². The molecule has 0 heterocycles. The number of benzene rings is 1. The minimum absolute atomic E-state index is 1.12. The van der Waals surface area contributed by atoms with Crippen molar-refractivity contribution in [3.05, 3.63) is 58.7 Å². The Morgan fingerprint density at radius 1 is 1.00 bits per heavy atom. The van der Waals surface area contributed by atoms with E-state index in [4.69, 9.17) is 0 Å². The molecule has 0 spiro atoms. The van der Waals surface area contributed by atoms with Crippen molar-refractivity contribution in [1.29, 1.82) is 0 Å². The van der Waals surface area contributed by atoms with Crippen LogP contribution in [0.1, 0.15) is 32.3 Å². The molecular formula is C15H18. The summed E-state index contributed by atoms with van der Waals surface area (Å²) >= 11 is 0. The van der Waals surface area contributed by atoms with Crippen LogP contribution in [0, 0.1) is 0 Å². The van der Waals surface area contributed by atoms with Gasteiger partial charge in [-0.1, -0.05) is 53.1 Å². The minimum atomic E-state index is 1.12. The van der Waals surface area contributed by atoms with Crippen molar-refractivity contribution in [3.8, 4) is 0 Å². The topological polar surface area (TPSA) is 0 Å². The first-order valence-electron chi connectivity index (χ1n) is 5.63. The number of hydrogen-bond acceptors (Lipinski definition) is 0. The van der Waals surface area contributed by atoms with Crippen molar-refractivity contribution in [2.45, 2.75) is 33.1 Å². The molecule has 0 N–H and O–H groups in total. The zero-order valence-electron chi connectivity index (χ0n) is 9.59. The highest BCUT2D eigenvalue weighted by molar-refractivity contribution is 5.31. The Morgan fingerprint density at radius 2 is 1.73 bits per heavy atom. The summed E-state index contributed by atoms with van der Waals surface area (Å²) in [6.07, 6.45) is 5.83. The van der Waals surface area contributed by atoms with Gasteiger partial charge in [0.1, 0.15) is 0 Å². The molecule has 1 aromatic carbocycles. The van der Waals surface area contributed by atoms with Gasteiger partial charge in [0.05, 0.1) is 0 Å². The summed E-state index contributed by atoms with van der Waals surface area (Å²) in [5, 5.41) is 0. The molecule has 2 rings (SSSR count). The molecule has 0 aromatic heterocycles. The lowest BCUT2D eigenvalue weighted by atomic mass is 9.90. The predicted octanol–water partition coefficient (Wildman–Crippen LogP) is 4.29. The summed E-state index contributed by atoms with van der Waals surface area (Å²) in [5.74, 6) is 0. The third kappa shape index (κ3) is 2.59.